The Bertz CT molecular complexity index is 238. The smallest absolute Gasteiger partial charge is 0.0553 e. The molecule has 1 aliphatic heterocycles. The van der Waals surface area contributed by atoms with E-state index in [4.69, 9.17) is 0 Å². The van der Waals surface area contributed by atoms with Crippen molar-refractivity contribution in [2.45, 2.75) is 58.2 Å². The van der Waals surface area contributed by atoms with E-state index in [0.29, 0.717) is 12.0 Å². The maximum atomic E-state index is 9.85. The second-order valence-electron chi connectivity index (χ2n) is 6.18. The lowest BCUT2D eigenvalue weighted by molar-refractivity contribution is -0.00258. The van der Waals surface area contributed by atoms with E-state index in [0.717, 1.165) is 31.5 Å². The van der Waals surface area contributed by atoms with Crippen LogP contribution in [0.2, 0.25) is 0 Å². The molecule has 1 saturated carbocycles. The third-order valence-electron chi connectivity index (χ3n) is 4.55. The molecule has 2 fully saturated rings. The molecule has 0 spiro atoms. The van der Waals surface area contributed by atoms with Gasteiger partial charge in [0.2, 0.25) is 0 Å². The number of rotatable bonds is 4. The molecule has 3 atom stereocenters. The zero-order valence-electron chi connectivity index (χ0n) is 11.5. The Morgan fingerprint density at radius 1 is 1.29 bits per heavy atom. The summed E-state index contributed by atoms with van der Waals surface area (Å²) < 4.78 is 0. The van der Waals surface area contributed by atoms with Crippen molar-refractivity contribution in [3.05, 3.63) is 0 Å². The molecule has 0 aromatic rings. The minimum Gasteiger partial charge on any atom is -0.393 e. The van der Waals surface area contributed by atoms with Gasteiger partial charge in [-0.05, 0) is 44.6 Å². The van der Waals surface area contributed by atoms with E-state index >= 15 is 0 Å². The Morgan fingerprint density at radius 3 is 2.53 bits per heavy atom. The molecule has 3 heteroatoms. The van der Waals surface area contributed by atoms with E-state index in [1.165, 1.54) is 19.4 Å². The summed E-state index contributed by atoms with van der Waals surface area (Å²) in [5.41, 5.74) is 0. The van der Waals surface area contributed by atoms with Gasteiger partial charge in [0.15, 0.2) is 0 Å². The quantitative estimate of drug-likeness (QED) is 0.781. The van der Waals surface area contributed by atoms with Crippen LogP contribution < -0.4 is 5.32 Å². The van der Waals surface area contributed by atoms with Crippen LogP contribution in [-0.2, 0) is 0 Å². The first kappa shape index (κ1) is 13.3. The van der Waals surface area contributed by atoms with Gasteiger partial charge in [0.1, 0.15) is 0 Å². The van der Waals surface area contributed by atoms with E-state index in [-0.39, 0.29) is 6.10 Å². The molecule has 1 aliphatic carbocycles. The molecule has 1 heterocycles. The molecule has 0 amide bonds. The van der Waals surface area contributed by atoms with Crippen molar-refractivity contribution < 1.29 is 5.11 Å². The fourth-order valence-electron chi connectivity index (χ4n) is 3.42. The number of likely N-dealkylation sites (N-methyl/N-ethyl adjacent to an activating group) is 1. The third-order valence-corrected chi connectivity index (χ3v) is 4.55. The highest BCUT2D eigenvalue weighted by Crippen LogP contribution is 2.34. The van der Waals surface area contributed by atoms with Crippen LogP contribution in [0.3, 0.4) is 0 Å². The Kier molecular flexibility index (Phi) is 4.45. The number of piperidine rings is 1. The van der Waals surface area contributed by atoms with E-state index < -0.39 is 0 Å². The van der Waals surface area contributed by atoms with Gasteiger partial charge < -0.3 is 10.4 Å². The van der Waals surface area contributed by atoms with E-state index in [1.807, 2.05) is 6.92 Å². The number of hydrogen-bond acceptors (Lipinski definition) is 3. The molecule has 2 N–H and O–H groups in total. The fourth-order valence-corrected chi connectivity index (χ4v) is 3.42. The molecule has 0 aromatic carbocycles. The average Bonchev–Trinajstić information content (AvgIpc) is 2.25. The van der Waals surface area contributed by atoms with Crippen LogP contribution in [0.25, 0.3) is 0 Å². The molecule has 0 aromatic heterocycles. The summed E-state index contributed by atoms with van der Waals surface area (Å²) in [7, 11) is 0. The zero-order chi connectivity index (χ0) is 12.4. The Morgan fingerprint density at radius 2 is 2.00 bits per heavy atom. The molecule has 3 nitrogen and oxygen atoms in total. The average molecular weight is 240 g/mol. The van der Waals surface area contributed by atoms with Crippen molar-refractivity contribution in [2.24, 2.45) is 11.8 Å². The lowest BCUT2D eigenvalue weighted by atomic mass is 9.78. The number of aliphatic hydroxyl groups is 1. The number of nitrogens with zero attached hydrogens (tertiary/aromatic N) is 1. The summed E-state index contributed by atoms with van der Waals surface area (Å²) in [5, 5.41) is 13.4. The molecular formula is C14H28N2O. The van der Waals surface area contributed by atoms with Gasteiger partial charge in [0.05, 0.1) is 6.10 Å². The highest BCUT2D eigenvalue weighted by atomic mass is 16.3. The van der Waals surface area contributed by atoms with Crippen LogP contribution >= 0.6 is 0 Å². The minimum absolute atomic E-state index is 0.170. The van der Waals surface area contributed by atoms with E-state index in [1.54, 1.807) is 0 Å². The van der Waals surface area contributed by atoms with Crippen LogP contribution in [0.4, 0.5) is 0 Å². The molecule has 100 valence electrons. The SMILES string of the molecule is CCNC1CC(C(C)O)CN(C2CC(C)C2)C1. The van der Waals surface area contributed by atoms with E-state index in [2.05, 4.69) is 24.1 Å². The Hall–Kier alpha value is -0.120. The van der Waals surface area contributed by atoms with Gasteiger partial charge in [-0.1, -0.05) is 13.8 Å². The van der Waals surface area contributed by atoms with Crippen LogP contribution in [0.15, 0.2) is 0 Å². The van der Waals surface area contributed by atoms with Gasteiger partial charge in [0.25, 0.3) is 0 Å². The maximum Gasteiger partial charge on any atom is 0.0553 e. The number of hydrogen-bond donors (Lipinski definition) is 2. The van der Waals surface area contributed by atoms with Gasteiger partial charge >= 0.3 is 0 Å². The fraction of sp³-hybridized carbons (Fsp3) is 1.00. The van der Waals surface area contributed by atoms with Crippen LogP contribution in [0.1, 0.15) is 40.0 Å². The van der Waals surface area contributed by atoms with E-state index in [9.17, 15) is 5.11 Å². The van der Waals surface area contributed by atoms with Crippen molar-refractivity contribution in [3.8, 4) is 0 Å². The van der Waals surface area contributed by atoms with Crippen LogP contribution in [-0.4, -0.2) is 47.8 Å². The number of nitrogens with one attached hydrogen (secondary N) is 1. The molecule has 2 rings (SSSR count). The second-order valence-corrected chi connectivity index (χ2v) is 6.18. The summed E-state index contributed by atoms with van der Waals surface area (Å²) in [6.07, 6.45) is 3.66. The molecule has 0 bridgehead atoms. The Labute approximate surface area is 106 Å². The predicted octanol–water partition coefficient (Wildman–Crippen LogP) is 1.47. The molecule has 3 unspecified atom stereocenters. The van der Waals surface area contributed by atoms with Crippen molar-refractivity contribution >= 4 is 0 Å². The summed E-state index contributed by atoms with van der Waals surface area (Å²) in [6.45, 7) is 9.76. The zero-order valence-corrected chi connectivity index (χ0v) is 11.5. The minimum atomic E-state index is -0.170. The molecule has 1 saturated heterocycles. The summed E-state index contributed by atoms with van der Waals surface area (Å²) in [5.74, 6) is 1.35. The molecule has 2 aliphatic rings. The molecule has 0 radical (unpaired) electrons. The van der Waals surface area contributed by atoms with Gasteiger partial charge in [0, 0.05) is 25.2 Å². The lowest BCUT2D eigenvalue weighted by Crippen LogP contribution is -2.57. The normalized spacial score (nSPS) is 40.9. The van der Waals surface area contributed by atoms with Gasteiger partial charge in [-0.2, -0.15) is 0 Å². The monoisotopic (exact) mass is 240 g/mol. The first-order chi connectivity index (χ1) is 8.10. The van der Waals surface area contributed by atoms with Crippen molar-refractivity contribution in [3.63, 3.8) is 0 Å². The standard InChI is InChI=1S/C14H28N2O/c1-4-15-13-7-12(11(3)17)8-16(9-13)14-5-10(2)6-14/h10-15,17H,4-9H2,1-3H3. The van der Waals surface area contributed by atoms with Gasteiger partial charge in [-0.15, -0.1) is 0 Å². The highest BCUT2D eigenvalue weighted by Gasteiger charge is 2.37. The predicted molar refractivity (Wildman–Crippen MR) is 71.0 cm³/mol. The topological polar surface area (TPSA) is 35.5 Å². The summed E-state index contributed by atoms with van der Waals surface area (Å²) in [4.78, 5) is 2.62. The van der Waals surface area contributed by atoms with Crippen molar-refractivity contribution in [2.75, 3.05) is 19.6 Å². The van der Waals surface area contributed by atoms with Crippen molar-refractivity contribution in [1.29, 1.82) is 0 Å². The first-order valence-corrected chi connectivity index (χ1v) is 7.25. The molecular weight excluding hydrogens is 212 g/mol. The van der Waals surface area contributed by atoms with Crippen molar-refractivity contribution in [1.82, 2.24) is 10.2 Å². The third kappa shape index (κ3) is 3.21. The van der Waals surface area contributed by atoms with Crippen LogP contribution in [0, 0.1) is 11.8 Å². The van der Waals surface area contributed by atoms with Crippen LogP contribution in [0.5, 0.6) is 0 Å². The van der Waals surface area contributed by atoms with Gasteiger partial charge in [-0.25, -0.2) is 0 Å². The maximum absolute atomic E-state index is 9.85. The highest BCUT2D eigenvalue weighted by molar-refractivity contribution is 4.92. The number of likely N-dealkylation sites (tertiary alicyclic amines) is 1. The Balaban J connectivity index is 1.91. The first-order valence-electron chi connectivity index (χ1n) is 7.25. The lowest BCUT2D eigenvalue weighted by Gasteiger charge is -2.48. The van der Waals surface area contributed by atoms with Gasteiger partial charge in [-0.3, -0.25) is 4.90 Å². The summed E-state index contributed by atoms with van der Waals surface area (Å²) >= 11 is 0. The molecule has 17 heavy (non-hydrogen) atoms. The second kappa shape index (κ2) is 5.68. The number of aliphatic hydroxyl groups excluding tert-OH is 1. The largest absolute Gasteiger partial charge is 0.393 e. The summed E-state index contributed by atoms with van der Waals surface area (Å²) in [6, 6.07) is 1.36.